The van der Waals surface area contributed by atoms with Crippen molar-refractivity contribution in [2.45, 2.75) is 64.8 Å². The number of hydrogen-bond acceptors (Lipinski definition) is 5. The maximum atomic E-state index is 14.1. The van der Waals surface area contributed by atoms with Gasteiger partial charge in [0.2, 0.25) is 0 Å². The van der Waals surface area contributed by atoms with E-state index < -0.39 is 17.9 Å². The minimum atomic E-state index is -0.964. The van der Waals surface area contributed by atoms with Crippen molar-refractivity contribution in [1.82, 2.24) is 9.80 Å². The molecule has 0 saturated heterocycles. The average molecular weight is 630 g/mol. The first kappa shape index (κ1) is 34.2. The molecule has 3 aromatic rings. The Morgan fingerprint density at radius 3 is 2.30 bits per heavy atom. The number of nitrogens with one attached hydrogen (secondary N) is 2. The first-order chi connectivity index (χ1) is 21.9. The second-order valence-electron chi connectivity index (χ2n) is 12.3. The lowest BCUT2D eigenvalue weighted by Gasteiger charge is -2.41. The third-order valence-corrected chi connectivity index (χ3v) is 8.92. The van der Waals surface area contributed by atoms with Crippen LogP contribution in [0.3, 0.4) is 0 Å². The van der Waals surface area contributed by atoms with Crippen LogP contribution < -0.4 is 24.8 Å². The molecular formula is C36H45N4O6+. The highest BCUT2D eigenvalue weighted by Gasteiger charge is 2.44. The van der Waals surface area contributed by atoms with Crippen molar-refractivity contribution in [2.75, 3.05) is 37.5 Å². The summed E-state index contributed by atoms with van der Waals surface area (Å²) in [7, 11) is 3.58. The molecule has 1 fully saturated rings. The Balaban J connectivity index is 1.51. The van der Waals surface area contributed by atoms with Crippen molar-refractivity contribution in [2.24, 2.45) is 0 Å². The molecular weight excluding hydrogens is 584 g/mol. The Labute approximate surface area is 270 Å². The van der Waals surface area contributed by atoms with Crippen LogP contribution in [-0.2, 0) is 14.4 Å². The van der Waals surface area contributed by atoms with Gasteiger partial charge in [-0.15, -0.1) is 0 Å². The van der Waals surface area contributed by atoms with Crippen LogP contribution in [0.15, 0.2) is 66.7 Å². The number of para-hydroxylation sites is 2. The highest BCUT2D eigenvalue weighted by atomic mass is 16.5. The van der Waals surface area contributed by atoms with Crippen LogP contribution in [0.2, 0.25) is 0 Å². The number of quaternary nitrogens is 1. The van der Waals surface area contributed by atoms with Crippen LogP contribution in [0.25, 0.3) is 0 Å². The predicted octanol–water partition coefficient (Wildman–Crippen LogP) is 6.15. The van der Waals surface area contributed by atoms with Gasteiger partial charge < -0.3 is 25.4 Å². The first-order valence-electron chi connectivity index (χ1n) is 15.7. The second kappa shape index (κ2) is 15.1. The maximum absolute atomic E-state index is 14.1. The summed E-state index contributed by atoms with van der Waals surface area (Å²) in [6.07, 6.45) is 4.76. The smallest absolute Gasteiger partial charge is 0.338 e. The van der Waals surface area contributed by atoms with Gasteiger partial charge in [-0.1, -0.05) is 36.8 Å². The SMILES string of the molecule is Cc1cc(C)cc(N(C)C(=O)COc2ccccc2[N+](C)(C(=O)CNC(=O)Nc2cccc(C(C)C(=O)O)c2)C2CCCCC2)c1. The molecule has 244 valence electrons. The lowest BCUT2D eigenvalue weighted by Crippen LogP contribution is -2.61. The number of carboxylic acid groups (broad SMARTS) is 1. The molecule has 10 heteroatoms. The molecule has 0 aromatic heterocycles. The van der Waals surface area contributed by atoms with E-state index in [0.29, 0.717) is 22.7 Å². The third kappa shape index (κ3) is 8.11. The second-order valence-corrected chi connectivity index (χ2v) is 12.3. The number of urea groups is 1. The van der Waals surface area contributed by atoms with Crippen LogP contribution in [0, 0.1) is 13.8 Å². The van der Waals surface area contributed by atoms with Gasteiger partial charge in [0.05, 0.1) is 13.0 Å². The Hall–Kier alpha value is -4.70. The first-order valence-corrected chi connectivity index (χ1v) is 15.7. The van der Waals surface area contributed by atoms with E-state index in [2.05, 4.69) is 10.6 Å². The lowest BCUT2D eigenvalue weighted by atomic mass is 9.91. The highest BCUT2D eigenvalue weighted by Crippen LogP contribution is 2.39. The monoisotopic (exact) mass is 629 g/mol. The minimum Gasteiger partial charge on any atom is -0.481 e. The Morgan fingerprint density at radius 2 is 1.63 bits per heavy atom. The van der Waals surface area contributed by atoms with Gasteiger partial charge in [0, 0.05) is 37.3 Å². The van der Waals surface area contributed by atoms with Gasteiger partial charge in [-0.05, 0) is 80.6 Å². The van der Waals surface area contributed by atoms with E-state index in [-0.39, 0.29) is 35.5 Å². The maximum Gasteiger partial charge on any atom is 0.338 e. The van der Waals surface area contributed by atoms with Crippen LogP contribution in [0.1, 0.15) is 61.6 Å². The molecule has 0 radical (unpaired) electrons. The van der Waals surface area contributed by atoms with Crippen LogP contribution in [-0.4, -0.2) is 62.2 Å². The summed E-state index contributed by atoms with van der Waals surface area (Å²) in [6.45, 7) is 5.10. The molecule has 46 heavy (non-hydrogen) atoms. The Bertz CT molecular complexity index is 1560. The number of likely N-dealkylation sites (N-methyl/N-ethyl adjacent to an activating group) is 2. The minimum absolute atomic E-state index is 0.0290. The van der Waals surface area contributed by atoms with Gasteiger partial charge in [-0.25, -0.2) is 14.1 Å². The number of aryl methyl sites for hydroxylation is 2. The third-order valence-electron chi connectivity index (χ3n) is 8.92. The summed E-state index contributed by atoms with van der Waals surface area (Å²) >= 11 is 0. The predicted molar refractivity (Wildman–Crippen MR) is 180 cm³/mol. The van der Waals surface area contributed by atoms with Crippen molar-refractivity contribution >= 4 is 40.9 Å². The molecule has 1 aliphatic rings. The van der Waals surface area contributed by atoms with Crippen molar-refractivity contribution < 1.29 is 29.0 Å². The summed E-state index contributed by atoms with van der Waals surface area (Å²) in [4.78, 5) is 53.2. The van der Waals surface area contributed by atoms with Gasteiger partial charge in [0.25, 0.3) is 5.91 Å². The number of carbonyl (C=O) groups is 4. The fourth-order valence-electron chi connectivity index (χ4n) is 6.14. The Kier molecular flexibility index (Phi) is 11.2. The van der Waals surface area contributed by atoms with E-state index in [1.54, 1.807) is 49.2 Å². The fraction of sp³-hybridized carbons (Fsp3) is 0.389. The van der Waals surface area contributed by atoms with Crippen LogP contribution in [0.4, 0.5) is 21.9 Å². The molecule has 3 aromatic carbocycles. The van der Waals surface area contributed by atoms with Crippen LogP contribution in [0.5, 0.6) is 5.75 Å². The quantitative estimate of drug-likeness (QED) is 0.219. The zero-order valence-electron chi connectivity index (χ0n) is 27.3. The molecule has 0 spiro atoms. The number of amides is 4. The van der Waals surface area contributed by atoms with E-state index in [0.717, 1.165) is 48.9 Å². The van der Waals surface area contributed by atoms with Gasteiger partial charge in [0.1, 0.15) is 12.6 Å². The molecule has 3 N–H and O–H groups in total. The van der Waals surface area contributed by atoms with Gasteiger partial charge in [-0.2, -0.15) is 0 Å². The van der Waals surface area contributed by atoms with E-state index in [1.807, 2.05) is 57.3 Å². The molecule has 1 aliphatic carbocycles. The molecule has 2 unspecified atom stereocenters. The fourth-order valence-corrected chi connectivity index (χ4v) is 6.14. The zero-order chi connectivity index (χ0) is 33.4. The standard InChI is InChI=1S/C36H44N4O6/c1-24-18-25(2)20-29(19-24)39(4)33(41)23-46-32-17-10-9-16-31(32)40(5,30-14-7-6-8-15-30)34(42)22-37-36(45)38-28-13-11-12-27(21-28)26(3)35(43)44/h9-13,16-21,26,30H,6-8,14-15,22-23H2,1-5H3,(H2-,37,38,43,44,45)/p+1. The van der Waals surface area contributed by atoms with E-state index in [1.165, 1.54) is 0 Å². The summed E-state index contributed by atoms with van der Waals surface area (Å²) in [6, 6.07) is 19.3. The summed E-state index contributed by atoms with van der Waals surface area (Å²) in [5.41, 5.74) is 4.52. The number of hydrogen-bond donors (Lipinski definition) is 3. The molecule has 0 heterocycles. The highest BCUT2D eigenvalue weighted by molar-refractivity contribution is 5.97. The Morgan fingerprint density at radius 1 is 0.957 bits per heavy atom. The van der Waals surface area contributed by atoms with E-state index >= 15 is 0 Å². The van der Waals surface area contributed by atoms with Crippen molar-refractivity contribution in [3.8, 4) is 5.75 Å². The average Bonchev–Trinajstić information content (AvgIpc) is 3.05. The lowest BCUT2D eigenvalue weighted by molar-refractivity contribution is -0.138. The molecule has 4 amide bonds. The number of anilines is 2. The number of carboxylic acids is 1. The number of rotatable bonds is 11. The van der Waals surface area contributed by atoms with E-state index in [4.69, 9.17) is 4.74 Å². The van der Waals surface area contributed by atoms with Crippen molar-refractivity contribution in [3.05, 3.63) is 83.4 Å². The van der Waals surface area contributed by atoms with Gasteiger partial charge >= 0.3 is 17.9 Å². The molecule has 4 rings (SSSR count). The molecule has 0 aliphatic heterocycles. The van der Waals surface area contributed by atoms with Crippen molar-refractivity contribution in [3.63, 3.8) is 0 Å². The van der Waals surface area contributed by atoms with Crippen LogP contribution >= 0.6 is 0 Å². The normalized spacial score (nSPS) is 15.2. The number of ether oxygens (including phenoxy) is 1. The molecule has 0 bridgehead atoms. The number of nitrogens with zero attached hydrogens (tertiary/aromatic N) is 2. The zero-order valence-corrected chi connectivity index (χ0v) is 27.3. The number of benzene rings is 3. The largest absolute Gasteiger partial charge is 0.481 e. The summed E-state index contributed by atoms with van der Waals surface area (Å²) < 4.78 is 6.06. The van der Waals surface area contributed by atoms with Crippen molar-refractivity contribution in [1.29, 1.82) is 0 Å². The molecule has 2 atom stereocenters. The number of aliphatic carboxylic acids is 1. The number of carbonyl (C=O) groups excluding carboxylic acids is 3. The van der Waals surface area contributed by atoms with Gasteiger partial charge in [0.15, 0.2) is 18.0 Å². The van der Waals surface area contributed by atoms with E-state index in [9.17, 15) is 24.3 Å². The summed E-state index contributed by atoms with van der Waals surface area (Å²) in [5.74, 6) is -1.69. The summed E-state index contributed by atoms with van der Waals surface area (Å²) in [5, 5.41) is 14.7. The topological polar surface area (TPSA) is 125 Å². The van der Waals surface area contributed by atoms with Gasteiger partial charge in [-0.3, -0.25) is 9.59 Å². The molecule has 10 nitrogen and oxygen atoms in total. The molecule has 1 saturated carbocycles.